The van der Waals surface area contributed by atoms with Crippen molar-refractivity contribution in [3.05, 3.63) is 17.5 Å². The number of hydrogen-bond donors (Lipinski definition) is 1. The summed E-state index contributed by atoms with van der Waals surface area (Å²) in [5.74, 6) is 0. The van der Waals surface area contributed by atoms with Gasteiger partial charge in [0.1, 0.15) is 12.1 Å². The minimum Gasteiger partial charge on any atom is -0.388 e. The Morgan fingerprint density at radius 1 is 1.16 bits per heavy atom. The van der Waals surface area contributed by atoms with Crippen molar-refractivity contribution in [2.45, 2.75) is 64.5 Å². The number of aromatic nitrogens is 2. The Bertz CT molecular complexity index is 452. The lowest BCUT2D eigenvalue weighted by Crippen LogP contribution is -2.28. The third-order valence-electron chi connectivity index (χ3n) is 3.61. The molecular formula is C15H26N2O2. The summed E-state index contributed by atoms with van der Waals surface area (Å²) >= 11 is 0. The van der Waals surface area contributed by atoms with Crippen molar-refractivity contribution in [1.29, 1.82) is 0 Å². The van der Waals surface area contributed by atoms with Crippen LogP contribution in [0.1, 0.15) is 59.0 Å². The molecule has 0 spiro atoms. The van der Waals surface area contributed by atoms with E-state index < -0.39 is 6.10 Å². The summed E-state index contributed by atoms with van der Waals surface area (Å²) in [6.07, 6.45) is -0.464. The minimum absolute atomic E-state index is 0.00118. The molecule has 0 aliphatic carbocycles. The van der Waals surface area contributed by atoms with Crippen molar-refractivity contribution < 1.29 is 9.84 Å². The van der Waals surface area contributed by atoms with Crippen molar-refractivity contribution >= 4 is 0 Å². The molecule has 2 unspecified atom stereocenters. The summed E-state index contributed by atoms with van der Waals surface area (Å²) in [6, 6.07) is 2.11. The standard InChI is InChI=1S/C15H26N2O2/c1-14(2,3)12-7-13(15(4,5)6)17(16-12)10-8-19-9-11(10)18/h7,10-11,18H,8-9H2,1-6H3. The SMILES string of the molecule is CC(C)(C)c1cc(C(C)(C)C)n(C2COCC2O)n1. The molecule has 1 aliphatic heterocycles. The van der Waals surface area contributed by atoms with Gasteiger partial charge in [0.25, 0.3) is 0 Å². The topological polar surface area (TPSA) is 47.3 Å². The zero-order chi connectivity index (χ0) is 14.4. The lowest BCUT2D eigenvalue weighted by atomic mass is 9.87. The van der Waals surface area contributed by atoms with Crippen LogP contribution in [0.25, 0.3) is 0 Å². The summed E-state index contributed by atoms with van der Waals surface area (Å²) in [5, 5.41) is 14.8. The number of aliphatic hydroxyl groups is 1. The van der Waals surface area contributed by atoms with Crippen LogP contribution in [0.4, 0.5) is 0 Å². The molecule has 1 fully saturated rings. The van der Waals surface area contributed by atoms with E-state index in [0.29, 0.717) is 13.2 Å². The van der Waals surface area contributed by atoms with Crippen molar-refractivity contribution in [3.8, 4) is 0 Å². The molecule has 0 radical (unpaired) electrons. The van der Waals surface area contributed by atoms with Crippen LogP contribution in [0.5, 0.6) is 0 Å². The Labute approximate surface area is 115 Å². The van der Waals surface area contributed by atoms with E-state index in [1.807, 2.05) is 4.68 Å². The zero-order valence-corrected chi connectivity index (χ0v) is 12.9. The number of hydrogen-bond acceptors (Lipinski definition) is 3. The summed E-state index contributed by atoms with van der Waals surface area (Å²) < 4.78 is 7.36. The fourth-order valence-electron chi connectivity index (χ4n) is 2.34. The maximum atomic E-state index is 10.1. The molecule has 0 saturated carbocycles. The largest absolute Gasteiger partial charge is 0.388 e. The Balaban J connectivity index is 2.49. The van der Waals surface area contributed by atoms with E-state index >= 15 is 0 Å². The molecule has 19 heavy (non-hydrogen) atoms. The first-order valence-electron chi connectivity index (χ1n) is 6.97. The molecule has 1 aliphatic rings. The number of aliphatic hydroxyl groups excluding tert-OH is 1. The molecule has 0 aromatic carbocycles. The third-order valence-corrected chi connectivity index (χ3v) is 3.61. The highest BCUT2D eigenvalue weighted by molar-refractivity contribution is 5.23. The Morgan fingerprint density at radius 2 is 1.79 bits per heavy atom. The van der Waals surface area contributed by atoms with Gasteiger partial charge in [-0.15, -0.1) is 0 Å². The van der Waals surface area contributed by atoms with E-state index in [0.717, 1.165) is 11.4 Å². The molecule has 1 aromatic heterocycles. The van der Waals surface area contributed by atoms with Gasteiger partial charge in [0.15, 0.2) is 0 Å². The van der Waals surface area contributed by atoms with Crippen LogP contribution in [0.3, 0.4) is 0 Å². The predicted molar refractivity (Wildman–Crippen MR) is 75.5 cm³/mol. The summed E-state index contributed by atoms with van der Waals surface area (Å²) in [5.41, 5.74) is 2.23. The molecule has 4 heteroatoms. The highest BCUT2D eigenvalue weighted by atomic mass is 16.5. The van der Waals surface area contributed by atoms with Crippen LogP contribution in [-0.2, 0) is 15.6 Å². The van der Waals surface area contributed by atoms with Crippen LogP contribution in [0.15, 0.2) is 6.07 Å². The van der Waals surface area contributed by atoms with Gasteiger partial charge in [-0.1, -0.05) is 41.5 Å². The van der Waals surface area contributed by atoms with Crippen molar-refractivity contribution in [3.63, 3.8) is 0 Å². The monoisotopic (exact) mass is 266 g/mol. The van der Waals surface area contributed by atoms with Crippen LogP contribution < -0.4 is 0 Å². The Kier molecular flexibility index (Phi) is 3.52. The summed E-state index contributed by atoms with van der Waals surface area (Å²) in [6.45, 7) is 13.9. The van der Waals surface area contributed by atoms with Gasteiger partial charge in [-0.05, 0) is 6.07 Å². The van der Waals surface area contributed by atoms with Gasteiger partial charge in [-0.2, -0.15) is 5.10 Å². The van der Waals surface area contributed by atoms with E-state index in [2.05, 4.69) is 47.6 Å². The lowest BCUT2D eigenvalue weighted by molar-refractivity contribution is 0.117. The molecule has 2 atom stereocenters. The number of rotatable bonds is 1. The van der Waals surface area contributed by atoms with Crippen LogP contribution in [0, 0.1) is 0 Å². The highest BCUT2D eigenvalue weighted by Crippen LogP contribution is 2.32. The van der Waals surface area contributed by atoms with Gasteiger partial charge in [0.05, 0.1) is 18.9 Å². The second-order valence-electron chi connectivity index (χ2n) is 7.53. The summed E-state index contributed by atoms with van der Waals surface area (Å²) in [7, 11) is 0. The van der Waals surface area contributed by atoms with Crippen molar-refractivity contribution in [2.75, 3.05) is 13.2 Å². The zero-order valence-electron chi connectivity index (χ0n) is 12.9. The van der Waals surface area contributed by atoms with Gasteiger partial charge in [-0.25, -0.2) is 0 Å². The van der Waals surface area contributed by atoms with E-state index in [1.165, 1.54) is 0 Å². The van der Waals surface area contributed by atoms with Crippen molar-refractivity contribution in [2.24, 2.45) is 0 Å². The van der Waals surface area contributed by atoms with Gasteiger partial charge in [0, 0.05) is 16.5 Å². The smallest absolute Gasteiger partial charge is 0.104 e. The van der Waals surface area contributed by atoms with Gasteiger partial charge >= 0.3 is 0 Å². The fourth-order valence-corrected chi connectivity index (χ4v) is 2.34. The molecule has 108 valence electrons. The molecular weight excluding hydrogens is 240 g/mol. The number of ether oxygens (including phenoxy) is 1. The average molecular weight is 266 g/mol. The first-order valence-corrected chi connectivity index (χ1v) is 6.97. The fraction of sp³-hybridized carbons (Fsp3) is 0.800. The average Bonchev–Trinajstić information content (AvgIpc) is 2.79. The maximum Gasteiger partial charge on any atom is 0.104 e. The molecule has 4 nitrogen and oxygen atoms in total. The lowest BCUT2D eigenvalue weighted by Gasteiger charge is -2.24. The third kappa shape index (κ3) is 2.84. The Morgan fingerprint density at radius 3 is 2.21 bits per heavy atom. The van der Waals surface area contributed by atoms with Crippen LogP contribution in [0.2, 0.25) is 0 Å². The number of nitrogens with zero attached hydrogens (tertiary/aromatic N) is 2. The molecule has 2 rings (SSSR count). The van der Waals surface area contributed by atoms with Gasteiger partial charge in [-0.3, -0.25) is 4.68 Å². The summed E-state index contributed by atoms with van der Waals surface area (Å²) in [4.78, 5) is 0. The van der Waals surface area contributed by atoms with Crippen LogP contribution in [-0.4, -0.2) is 34.2 Å². The highest BCUT2D eigenvalue weighted by Gasteiger charge is 2.34. The molecule has 2 heterocycles. The van der Waals surface area contributed by atoms with Crippen molar-refractivity contribution in [1.82, 2.24) is 9.78 Å². The molecule has 1 saturated heterocycles. The minimum atomic E-state index is -0.464. The molecule has 0 amide bonds. The van der Waals surface area contributed by atoms with E-state index in [9.17, 15) is 5.11 Å². The molecule has 0 bridgehead atoms. The maximum absolute atomic E-state index is 10.1. The molecule has 1 aromatic rings. The second-order valence-corrected chi connectivity index (χ2v) is 7.53. The Hall–Kier alpha value is -0.870. The predicted octanol–water partition coefficient (Wildman–Crippen LogP) is 2.41. The quantitative estimate of drug-likeness (QED) is 0.849. The van der Waals surface area contributed by atoms with E-state index in [4.69, 9.17) is 9.84 Å². The normalized spacial score (nSPS) is 25.0. The van der Waals surface area contributed by atoms with Gasteiger partial charge < -0.3 is 9.84 Å². The first kappa shape index (κ1) is 14.5. The van der Waals surface area contributed by atoms with Gasteiger partial charge in [0.2, 0.25) is 0 Å². The molecule has 1 N–H and O–H groups in total. The van der Waals surface area contributed by atoms with Crippen LogP contribution >= 0.6 is 0 Å². The van der Waals surface area contributed by atoms with E-state index in [1.54, 1.807) is 0 Å². The van der Waals surface area contributed by atoms with E-state index in [-0.39, 0.29) is 16.9 Å². The first-order chi connectivity index (χ1) is 8.60. The second kappa shape index (κ2) is 4.60.